The van der Waals surface area contributed by atoms with Crippen molar-refractivity contribution >= 4 is 33.3 Å². The van der Waals surface area contributed by atoms with Crippen molar-refractivity contribution in [1.82, 2.24) is 24.3 Å². The lowest BCUT2D eigenvalue weighted by Crippen LogP contribution is -2.15. The zero-order valence-electron chi connectivity index (χ0n) is 13.7. The Bertz CT molecular complexity index is 1210. The summed E-state index contributed by atoms with van der Waals surface area (Å²) in [7, 11) is 0. The summed E-state index contributed by atoms with van der Waals surface area (Å²) in [5.74, 6) is 6.19. The fourth-order valence-electron chi connectivity index (χ4n) is 2.54. The number of pyridine rings is 1. The summed E-state index contributed by atoms with van der Waals surface area (Å²) in [6, 6.07) is 11.2. The van der Waals surface area contributed by atoms with E-state index in [4.69, 9.17) is 5.84 Å². The van der Waals surface area contributed by atoms with Crippen molar-refractivity contribution < 1.29 is 4.39 Å². The first-order valence-electron chi connectivity index (χ1n) is 7.79. The summed E-state index contributed by atoms with van der Waals surface area (Å²) in [6.07, 6.45) is 1.67. The second-order valence-electron chi connectivity index (χ2n) is 5.61. The lowest BCUT2D eigenvalue weighted by Gasteiger charge is -2.06. The van der Waals surface area contributed by atoms with Crippen molar-refractivity contribution in [1.29, 1.82) is 0 Å². The molecule has 4 rings (SSSR count). The molecule has 4 aromatic rings. The topological polar surface area (TPSA) is 91.1 Å². The largest absolute Gasteiger partial charge is 0.335 e. The fourth-order valence-corrected chi connectivity index (χ4v) is 3.63. The molecule has 0 bridgehead atoms. The van der Waals surface area contributed by atoms with Crippen molar-refractivity contribution in [3.05, 3.63) is 75.0 Å². The molecule has 7 nitrogen and oxygen atoms in total. The Morgan fingerprint density at radius 1 is 1.19 bits per heavy atom. The predicted molar refractivity (Wildman–Crippen MR) is 104 cm³/mol. The minimum absolute atomic E-state index is 0.182. The quantitative estimate of drug-likeness (QED) is 0.382. The highest BCUT2D eigenvalue weighted by atomic mass is 79.9. The normalized spacial score (nSPS) is 11.2. The number of hydrogen-bond donors (Lipinski definition) is 1. The Kier molecular flexibility index (Phi) is 4.66. The predicted octanol–water partition coefficient (Wildman–Crippen LogP) is 2.86. The number of aromatic nitrogens is 5. The summed E-state index contributed by atoms with van der Waals surface area (Å²) < 4.78 is 17.4. The minimum atomic E-state index is -0.427. The van der Waals surface area contributed by atoms with Crippen molar-refractivity contribution in [3.63, 3.8) is 0 Å². The van der Waals surface area contributed by atoms with Crippen LogP contribution in [0.15, 0.2) is 63.1 Å². The van der Waals surface area contributed by atoms with Gasteiger partial charge < -0.3 is 5.84 Å². The SMILES string of the molecule is Nn1c(SCc2cc(=O)n3cc(Br)ccc3n2)nnc1-c1ccccc1F. The van der Waals surface area contributed by atoms with Gasteiger partial charge in [0.2, 0.25) is 5.16 Å². The smallest absolute Gasteiger partial charge is 0.258 e. The number of thioether (sulfide) groups is 1. The van der Waals surface area contributed by atoms with Gasteiger partial charge in [-0.05, 0) is 40.2 Å². The molecule has 0 atom stereocenters. The average Bonchev–Trinajstić information content (AvgIpc) is 3.01. The third-order valence-corrected chi connectivity index (χ3v) is 5.25. The van der Waals surface area contributed by atoms with Crippen molar-refractivity contribution in [2.24, 2.45) is 0 Å². The molecule has 0 aliphatic heterocycles. The fraction of sp³-hybridized carbons (Fsp3) is 0.0588. The summed E-state index contributed by atoms with van der Waals surface area (Å²) >= 11 is 4.59. The van der Waals surface area contributed by atoms with Crippen LogP contribution >= 0.6 is 27.7 Å². The molecule has 0 aliphatic rings. The number of rotatable bonds is 4. The third-order valence-electron chi connectivity index (χ3n) is 3.80. The van der Waals surface area contributed by atoms with Gasteiger partial charge in [0.1, 0.15) is 11.5 Å². The molecule has 3 heterocycles. The Morgan fingerprint density at radius 2 is 2.00 bits per heavy atom. The van der Waals surface area contributed by atoms with Crippen LogP contribution in [-0.4, -0.2) is 24.3 Å². The molecule has 0 saturated carbocycles. The van der Waals surface area contributed by atoms with Crippen LogP contribution in [0.2, 0.25) is 0 Å². The maximum absolute atomic E-state index is 13.9. The molecule has 0 radical (unpaired) electrons. The summed E-state index contributed by atoms with van der Waals surface area (Å²) in [5.41, 5.74) is 1.22. The standard InChI is InChI=1S/C17H12BrFN6OS/c18-10-5-6-14-21-11(7-15(26)24(14)8-10)9-27-17-23-22-16(25(17)20)12-3-1-2-4-13(12)19/h1-8H,9,20H2. The molecule has 10 heteroatoms. The lowest BCUT2D eigenvalue weighted by molar-refractivity contribution is 0.629. The van der Waals surface area contributed by atoms with Gasteiger partial charge in [-0.15, -0.1) is 10.2 Å². The second-order valence-corrected chi connectivity index (χ2v) is 7.46. The number of nitrogens with zero attached hydrogens (tertiary/aromatic N) is 5. The molecule has 1 aromatic carbocycles. The molecular weight excluding hydrogens is 435 g/mol. The Morgan fingerprint density at radius 3 is 2.81 bits per heavy atom. The van der Waals surface area contributed by atoms with Crippen LogP contribution in [0.5, 0.6) is 0 Å². The van der Waals surface area contributed by atoms with Crippen molar-refractivity contribution in [3.8, 4) is 11.4 Å². The average molecular weight is 447 g/mol. The van der Waals surface area contributed by atoms with Crippen molar-refractivity contribution in [2.75, 3.05) is 5.84 Å². The number of halogens is 2. The molecule has 27 heavy (non-hydrogen) atoms. The van der Waals surface area contributed by atoms with E-state index in [1.54, 1.807) is 30.5 Å². The van der Waals surface area contributed by atoms with Crippen LogP contribution in [0.4, 0.5) is 4.39 Å². The molecule has 2 N–H and O–H groups in total. The first kappa shape index (κ1) is 17.7. The first-order chi connectivity index (χ1) is 13.0. The van der Waals surface area contributed by atoms with Gasteiger partial charge in [0.25, 0.3) is 5.56 Å². The van der Waals surface area contributed by atoms with E-state index in [9.17, 15) is 9.18 Å². The van der Waals surface area contributed by atoms with Crippen LogP contribution in [0, 0.1) is 5.82 Å². The zero-order chi connectivity index (χ0) is 19.0. The van der Waals surface area contributed by atoms with Gasteiger partial charge in [-0.2, -0.15) is 0 Å². The third kappa shape index (κ3) is 3.45. The number of nitrogens with two attached hydrogens (primary N) is 1. The molecule has 0 unspecified atom stereocenters. The van der Waals surface area contributed by atoms with Gasteiger partial charge in [0, 0.05) is 22.5 Å². The van der Waals surface area contributed by atoms with Crippen LogP contribution < -0.4 is 11.4 Å². The van der Waals surface area contributed by atoms with Crippen molar-refractivity contribution in [2.45, 2.75) is 10.9 Å². The van der Waals surface area contributed by atoms with E-state index < -0.39 is 5.82 Å². The zero-order valence-corrected chi connectivity index (χ0v) is 16.1. The minimum Gasteiger partial charge on any atom is -0.335 e. The monoisotopic (exact) mass is 446 g/mol. The highest BCUT2D eigenvalue weighted by molar-refractivity contribution is 9.10. The molecule has 3 aromatic heterocycles. The lowest BCUT2D eigenvalue weighted by atomic mass is 10.2. The second kappa shape index (κ2) is 7.12. The van der Waals surface area contributed by atoms with Gasteiger partial charge in [-0.1, -0.05) is 23.9 Å². The molecule has 0 fully saturated rings. The summed E-state index contributed by atoms with van der Waals surface area (Å²) in [4.78, 5) is 16.7. The maximum atomic E-state index is 13.9. The van der Waals surface area contributed by atoms with E-state index in [-0.39, 0.29) is 16.9 Å². The Labute approximate surface area is 165 Å². The van der Waals surface area contributed by atoms with Crippen LogP contribution in [0.1, 0.15) is 5.69 Å². The molecule has 0 amide bonds. The Hall–Kier alpha value is -2.72. The molecule has 0 saturated heterocycles. The highest BCUT2D eigenvalue weighted by Gasteiger charge is 2.15. The van der Waals surface area contributed by atoms with E-state index >= 15 is 0 Å². The molecule has 0 spiro atoms. The number of nitrogen functional groups attached to an aromatic ring is 1. The Balaban J connectivity index is 1.60. The van der Waals surface area contributed by atoms with E-state index in [2.05, 4.69) is 31.1 Å². The van der Waals surface area contributed by atoms with E-state index in [0.717, 1.165) is 4.47 Å². The van der Waals surface area contributed by atoms with E-state index in [1.165, 1.54) is 33.0 Å². The number of fused-ring (bicyclic) bond motifs is 1. The van der Waals surface area contributed by atoms with E-state index in [1.807, 2.05) is 6.07 Å². The number of benzene rings is 1. The van der Waals surface area contributed by atoms with Gasteiger partial charge in [0.15, 0.2) is 5.82 Å². The summed E-state index contributed by atoms with van der Waals surface area (Å²) in [5, 5.41) is 8.38. The van der Waals surface area contributed by atoms with Gasteiger partial charge in [0.05, 0.1) is 11.3 Å². The molecule has 0 aliphatic carbocycles. The van der Waals surface area contributed by atoms with Crippen LogP contribution in [0.25, 0.3) is 17.0 Å². The van der Waals surface area contributed by atoms with Gasteiger partial charge >= 0.3 is 0 Å². The highest BCUT2D eigenvalue weighted by Crippen LogP contribution is 2.25. The number of hydrogen-bond acceptors (Lipinski definition) is 6. The molecular formula is C17H12BrFN6OS. The first-order valence-corrected chi connectivity index (χ1v) is 9.57. The van der Waals surface area contributed by atoms with Crippen LogP contribution in [-0.2, 0) is 5.75 Å². The van der Waals surface area contributed by atoms with Crippen LogP contribution in [0.3, 0.4) is 0 Å². The maximum Gasteiger partial charge on any atom is 0.258 e. The van der Waals surface area contributed by atoms with Gasteiger partial charge in [-0.25, -0.2) is 14.1 Å². The van der Waals surface area contributed by atoms with E-state index in [0.29, 0.717) is 22.3 Å². The molecule has 136 valence electrons. The van der Waals surface area contributed by atoms with Gasteiger partial charge in [-0.3, -0.25) is 9.20 Å². The summed E-state index contributed by atoms with van der Waals surface area (Å²) in [6.45, 7) is 0.